The Bertz CT molecular complexity index is 445. The van der Waals surface area contributed by atoms with Crippen LogP contribution in [-0.4, -0.2) is 36.0 Å². The van der Waals surface area contributed by atoms with Gasteiger partial charge in [-0.15, -0.1) is 0 Å². The summed E-state index contributed by atoms with van der Waals surface area (Å²) in [4.78, 5) is 14.6. The van der Waals surface area contributed by atoms with Gasteiger partial charge < -0.3 is 4.74 Å². The minimum absolute atomic E-state index is 0.255. The van der Waals surface area contributed by atoms with Gasteiger partial charge in [-0.05, 0) is 18.4 Å². The van der Waals surface area contributed by atoms with Crippen molar-refractivity contribution >= 4 is 5.78 Å². The fourth-order valence-electron chi connectivity index (χ4n) is 3.59. The Hall–Kier alpha value is -1.19. The summed E-state index contributed by atoms with van der Waals surface area (Å²) in [5.41, 5.74) is 1.35. The standard InChI is InChI=1S/C17H23NO2/c1-2-17(19)14-8-15-11-20-12-16(9-14)18(15)10-13-6-4-3-5-7-13/h3-7,14-16H,2,8-12H2,1H3. The molecule has 1 aromatic carbocycles. The zero-order chi connectivity index (χ0) is 13.9. The quantitative estimate of drug-likeness (QED) is 0.844. The van der Waals surface area contributed by atoms with Crippen molar-refractivity contribution in [1.82, 2.24) is 4.90 Å². The molecule has 2 atom stereocenters. The van der Waals surface area contributed by atoms with Crippen LogP contribution in [0, 0.1) is 5.92 Å². The predicted octanol–water partition coefficient (Wildman–Crippen LogP) is 2.65. The van der Waals surface area contributed by atoms with Crippen LogP contribution in [-0.2, 0) is 16.1 Å². The molecule has 2 bridgehead atoms. The van der Waals surface area contributed by atoms with Gasteiger partial charge in [0, 0.05) is 31.0 Å². The maximum absolute atomic E-state index is 12.0. The fraction of sp³-hybridized carbons (Fsp3) is 0.588. The van der Waals surface area contributed by atoms with Crippen molar-refractivity contribution in [1.29, 1.82) is 0 Å². The van der Waals surface area contributed by atoms with Crippen LogP contribution in [0.2, 0.25) is 0 Å². The first-order chi connectivity index (χ1) is 9.78. The molecule has 0 saturated carbocycles. The van der Waals surface area contributed by atoms with E-state index in [9.17, 15) is 4.79 Å². The van der Waals surface area contributed by atoms with E-state index in [1.54, 1.807) is 0 Å². The Morgan fingerprint density at radius 2 is 1.85 bits per heavy atom. The number of nitrogens with zero attached hydrogens (tertiary/aromatic N) is 1. The van der Waals surface area contributed by atoms with Crippen LogP contribution in [0.5, 0.6) is 0 Å². The molecule has 2 aliphatic rings. The molecule has 0 amide bonds. The van der Waals surface area contributed by atoms with Crippen molar-refractivity contribution in [3.63, 3.8) is 0 Å². The molecule has 0 aromatic heterocycles. The highest BCUT2D eigenvalue weighted by atomic mass is 16.5. The molecule has 0 spiro atoms. The fourth-order valence-corrected chi connectivity index (χ4v) is 3.59. The number of ether oxygens (including phenoxy) is 1. The van der Waals surface area contributed by atoms with E-state index in [1.165, 1.54) is 5.56 Å². The monoisotopic (exact) mass is 273 g/mol. The molecule has 0 aliphatic carbocycles. The van der Waals surface area contributed by atoms with Crippen LogP contribution in [0.25, 0.3) is 0 Å². The maximum atomic E-state index is 12.0. The van der Waals surface area contributed by atoms with E-state index < -0.39 is 0 Å². The van der Waals surface area contributed by atoms with Crippen LogP contribution in [0.4, 0.5) is 0 Å². The number of carbonyl (C=O) groups is 1. The van der Waals surface area contributed by atoms with Gasteiger partial charge in [-0.2, -0.15) is 0 Å². The van der Waals surface area contributed by atoms with Gasteiger partial charge in [0.2, 0.25) is 0 Å². The lowest BCUT2D eigenvalue weighted by Gasteiger charge is -2.48. The number of piperidine rings is 1. The molecule has 2 unspecified atom stereocenters. The van der Waals surface area contributed by atoms with Crippen LogP contribution in [0.15, 0.2) is 30.3 Å². The second-order valence-corrected chi connectivity index (χ2v) is 5.99. The van der Waals surface area contributed by atoms with Gasteiger partial charge in [0.15, 0.2) is 0 Å². The van der Waals surface area contributed by atoms with Gasteiger partial charge >= 0.3 is 0 Å². The Morgan fingerprint density at radius 3 is 2.45 bits per heavy atom. The number of hydrogen-bond donors (Lipinski definition) is 0. The summed E-state index contributed by atoms with van der Waals surface area (Å²) in [5, 5.41) is 0. The first kappa shape index (κ1) is 13.8. The molecule has 3 rings (SSSR count). The van der Waals surface area contributed by atoms with E-state index in [1.807, 2.05) is 6.92 Å². The molecular weight excluding hydrogens is 250 g/mol. The lowest BCUT2D eigenvalue weighted by atomic mass is 9.81. The highest BCUT2D eigenvalue weighted by Gasteiger charge is 2.40. The van der Waals surface area contributed by atoms with Crippen molar-refractivity contribution < 1.29 is 9.53 Å². The number of benzene rings is 1. The minimum Gasteiger partial charge on any atom is -0.378 e. The van der Waals surface area contributed by atoms with Gasteiger partial charge in [0.05, 0.1) is 13.2 Å². The normalized spacial score (nSPS) is 30.1. The van der Waals surface area contributed by atoms with Gasteiger partial charge in [-0.1, -0.05) is 37.3 Å². The van der Waals surface area contributed by atoms with Crippen molar-refractivity contribution in [2.45, 2.75) is 44.8 Å². The third-order valence-electron chi connectivity index (χ3n) is 4.68. The van der Waals surface area contributed by atoms with E-state index >= 15 is 0 Å². The van der Waals surface area contributed by atoms with Crippen LogP contribution in [0.1, 0.15) is 31.7 Å². The summed E-state index contributed by atoms with van der Waals surface area (Å²) >= 11 is 0. The van der Waals surface area contributed by atoms with Crippen molar-refractivity contribution in [2.75, 3.05) is 13.2 Å². The number of morpholine rings is 1. The smallest absolute Gasteiger partial charge is 0.135 e. The highest BCUT2D eigenvalue weighted by Crippen LogP contribution is 2.33. The zero-order valence-electron chi connectivity index (χ0n) is 12.1. The molecule has 2 fully saturated rings. The van der Waals surface area contributed by atoms with Crippen molar-refractivity contribution in [3.8, 4) is 0 Å². The lowest BCUT2D eigenvalue weighted by Crippen LogP contribution is -2.57. The van der Waals surface area contributed by atoms with E-state index in [2.05, 4.69) is 35.2 Å². The second-order valence-electron chi connectivity index (χ2n) is 5.99. The number of Topliss-reactive ketones (excluding diaryl/α,β-unsaturated/α-hetero) is 1. The van der Waals surface area contributed by atoms with E-state index in [-0.39, 0.29) is 5.92 Å². The third-order valence-corrected chi connectivity index (χ3v) is 4.68. The highest BCUT2D eigenvalue weighted by molar-refractivity contribution is 5.80. The van der Waals surface area contributed by atoms with Crippen LogP contribution in [0.3, 0.4) is 0 Å². The molecule has 1 aromatic rings. The first-order valence-electron chi connectivity index (χ1n) is 7.68. The molecule has 2 saturated heterocycles. The SMILES string of the molecule is CCC(=O)C1CC2COCC(C1)N2Cc1ccccc1. The first-order valence-corrected chi connectivity index (χ1v) is 7.68. The zero-order valence-corrected chi connectivity index (χ0v) is 12.1. The van der Waals surface area contributed by atoms with Crippen LogP contribution < -0.4 is 0 Å². The molecule has 2 heterocycles. The molecule has 108 valence electrons. The summed E-state index contributed by atoms with van der Waals surface area (Å²) < 4.78 is 5.71. The summed E-state index contributed by atoms with van der Waals surface area (Å²) in [6.07, 6.45) is 2.61. The number of ketones is 1. The average Bonchev–Trinajstić information content (AvgIpc) is 2.47. The Kier molecular flexibility index (Phi) is 4.18. The van der Waals surface area contributed by atoms with E-state index in [0.29, 0.717) is 24.3 Å². The van der Waals surface area contributed by atoms with E-state index in [4.69, 9.17) is 4.74 Å². The Morgan fingerprint density at radius 1 is 1.20 bits per heavy atom. The molecule has 0 N–H and O–H groups in total. The molecule has 0 radical (unpaired) electrons. The van der Waals surface area contributed by atoms with Crippen molar-refractivity contribution in [3.05, 3.63) is 35.9 Å². The summed E-state index contributed by atoms with van der Waals surface area (Å²) in [5.74, 6) is 0.687. The second kappa shape index (κ2) is 6.06. The van der Waals surface area contributed by atoms with Gasteiger partial charge in [-0.25, -0.2) is 0 Å². The number of hydrogen-bond acceptors (Lipinski definition) is 3. The molecular formula is C17H23NO2. The maximum Gasteiger partial charge on any atom is 0.135 e. The van der Waals surface area contributed by atoms with Crippen molar-refractivity contribution in [2.24, 2.45) is 5.92 Å². The molecule has 3 heteroatoms. The van der Waals surface area contributed by atoms with E-state index in [0.717, 1.165) is 32.6 Å². The topological polar surface area (TPSA) is 29.5 Å². The van der Waals surface area contributed by atoms with Gasteiger partial charge in [0.1, 0.15) is 5.78 Å². The lowest BCUT2D eigenvalue weighted by molar-refractivity contribution is -0.133. The summed E-state index contributed by atoms with van der Waals surface area (Å²) in [7, 11) is 0. The number of carbonyl (C=O) groups excluding carboxylic acids is 1. The van der Waals surface area contributed by atoms with Gasteiger partial charge in [-0.3, -0.25) is 9.69 Å². The largest absolute Gasteiger partial charge is 0.378 e. The number of rotatable bonds is 4. The Balaban J connectivity index is 1.72. The third kappa shape index (κ3) is 2.79. The Labute approximate surface area is 120 Å². The average molecular weight is 273 g/mol. The molecule has 2 aliphatic heterocycles. The minimum atomic E-state index is 0.255. The molecule has 20 heavy (non-hydrogen) atoms. The summed E-state index contributed by atoms with van der Waals surface area (Å²) in [6, 6.07) is 11.4. The number of fused-ring (bicyclic) bond motifs is 2. The van der Waals surface area contributed by atoms with Gasteiger partial charge in [0.25, 0.3) is 0 Å². The van der Waals surface area contributed by atoms with Crippen LogP contribution >= 0.6 is 0 Å². The summed E-state index contributed by atoms with van der Waals surface area (Å²) in [6.45, 7) is 4.51. The predicted molar refractivity (Wildman–Crippen MR) is 78.4 cm³/mol. The molecule has 3 nitrogen and oxygen atoms in total.